The summed E-state index contributed by atoms with van der Waals surface area (Å²) >= 11 is 0. The van der Waals surface area contributed by atoms with E-state index in [4.69, 9.17) is 0 Å². The van der Waals surface area contributed by atoms with Crippen molar-refractivity contribution >= 4 is 12.4 Å². The first-order chi connectivity index (χ1) is 11.0. The number of halogens is 3. The molecule has 2 aromatic carbocycles. The van der Waals surface area contributed by atoms with Gasteiger partial charge in [-0.15, -0.1) is 5.46 Å². The fraction of sp³-hybridized carbons (Fsp3) is 0.263. The van der Waals surface area contributed by atoms with Crippen LogP contribution >= 0.6 is 0 Å². The molecule has 0 nitrogen and oxygen atoms in total. The Morgan fingerprint density at radius 1 is 0.792 bits per heavy atom. The van der Waals surface area contributed by atoms with Gasteiger partial charge in [0, 0.05) is 11.1 Å². The maximum atomic E-state index is 12.5. The van der Waals surface area contributed by atoms with Gasteiger partial charge in [0.05, 0.1) is 0 Å². The molecule has 0 aliphatic carbocycles. The van der Waals surface area contributed by atoms with Crippen LogP contribution in [0.15, 0.2) is 48.5 Å². The van der Waals surface area contributed by atoms with Crippen LogP contribution in [0.4, 0.5) is 12.9 Å². The summed E-state index contributed by atoms with van der Waals surface area (Å²) in [6.07, 6.45) is 4.70. The van der Waals surface area contributed by atoms with Crippen molar-refractivity contribution in [1.29, 1.82) is 0 Å². The van der Waals surface area contributed by atoms with Gasteiger partial charge in [0.2, 0.25) is 0 Å². The maximum absolute atomic E-state index is 12.5. The minimum Gasteiger partial charge on any atom is -0.445 e. The second kappa shape index (κ2) is 10.5. The molecule has 2 aromatic rings. The first-order valence-corrected chi connectivity index (χ1v) is 7.90. The van der Waals surface area contributed by atoms with Crippen molar-refractivity contribution in [2.24, 2.45) is 0 Å². The molecule has 0 aliphatic heterocycles. The van der Waals surface area contributed by atoms with Crippen LogP contribution in [0.5, 0.6) is 0 Å². The van der Waals surface area contributed by atoms with Gasteiger partial charge < -0.3 is 12.9 Å². The number of benzene rings is 2. The minimum absolute atomic E-state index is 0. The molecule has 0 radical (unpaired) electrons. The Morgan fingerprint density at radius 3 is 1.75 bits per heavy atom. The molecule has 0 amide bonds. The quantitative estimate of drug-likeness (QED) is 0.437. The molecule has 0 saturated carbocycles. The number of aryl methyl sites for hydroxylation is 1. The molecule has 0 aromatic heterocycles. The largest absolute Gasteiger partial charge is 1.00 e. The Labute approximate surface area is 184 Å². The normalized spacial score (nSPS) is 10.5. The fourth-order valence-corrected chi connectivity index (χ4v) is 2.26. The van der Waals surface area contributed by atoms with Crippen molar-refractivity contribution in [2.45, 2.75) is 32.6 Å². The number of hydrogen-bond acceptors (Lipinski definition) is 0. The third kappa shape index (κ3) is 7.16. The van der Waals surface area contributed by atoms with E-state index in [-0.39, 0.29) is 51.4 Å². The molecule has 0 bridgehead atoms. The molecule has 0 fully saturated rings. The van der Waals surface area contributed by atoms with Gasteiger partial charge in [-0.05, 0) is 42.7 Å². The molecule has 5 heteroatoms. The van der Waals surface area contributed by atoms with Gasteiger partial charge in [-0.2, -0.15) is 0 Å². The van der Waals surface area contributed by atoms with Crippen molar-refractivity contribution in [3.8, 4) is 11.8 Å². The average molecular weight is 354 g/mol. The van der Waals surface area contributed by atoms with Crippen LogP contribution in [0.1, 0.15) is 42.9 Å². The van der Waals surface area contributed by atoms with Gasteiger partial charge in [0.25, 0.3) is 0 Å². The molecule has 2 rings (SSSR count). The fourth-order valence-electron chi connectivity index (χ4n) is 2.26. The van der Waals surface area contributed by atoms with E-state index in [1.165, 1.54) is 37.0 Å². The minimum atomic E-state index is -4.94. The standard InChI is InChI=1S/C19H19BF3.K/c1-2-3-4-5-16-6-8-17(9-7-16)10-11-18-12-14-19(15-13-18)20(21,22)23;/h6-9,12-15H,2-5H2,1H3;/q-1;+1. The summed E-state index contributed by atoms with van der Waals surface area (Å²) in [6, 6.07) is 13.0. The molecule has 24 heavy (non-hydrogen) atoms. The summed E-state index contributed by atoms with van der Waals surface area (Å²) in [5, 5.41) is 0. The van der Waals surface area contributed by atoms with E-state index in [1.54, 1.807) is 0 Å². The van der Waals surface area contributed by atoms with E-state index in [0.717, 1.165) is 24.1 Å². The number of hydrogen-bond donors (Lipinski definition) is 0. The first-order valence-electron chi connectivity index (χ1n) is 7.90. The molecule has 0 N–H and O–H groups in total. The van der Waals surface area contributed by atoms with Crippen LogP contribution in [0.25, 0.3) is 0 Å². The second-order valence-corrected chi connectivity index (χ2v) is 5.60. The summed E-state index contributed by atoms with van der Waals surface area (Å²) in [6.45, 7) is -2.76. The molecule has 0 atom stereocenters. The van der Waals surface area contributed by atoms with Gasteiger partial charge in [-0.3, -0.25) is 0 Å². The Balaban J connectivity index is 0.00000288. The zero-order chi connectivity index (χ0) is 16.7. The summed E-state index contributed by atoms with van der Waals surface area (Å²) in [4.78, 5) is 0. The monoisotopic (exact) mass is 354 g/mol. The van der Waals surface area contributed by atoms with Gasteiger partial charge in [-0.25, -0.2) is 0 Å². The van der Waals surface area contributed by atoms with Gasteiger partial charge in [0.15, 0.2) is 0 Å². The van der Waals surface area contributed by atoms with Gasteiger partial charge in [-0.1, -0.05) is 55.9 Å². The molecule has 0 heterocycles. The van der Waals surface area contributed by atoms with Gasteiger partial charge >= 0.3 is 58.4 Å². The first kappa shape index (κ1) is 21.5. The van der Waals surface area contributed by atoms with Crippen molar-refractivity contribution in [3.05, 3.63) is 65.2 Å². The summed E-state index contributed by atoms with van der Waals surface area (Å²) < 4.78 is 37.6. The van der Waals surface area contributed by atoms with E-state index in [0.29, 0.717) is 5.56 Å². The predicted molar refractivity (Wildman–Crippen MR) is 90.8 cm³/mol. The van der Waals surface area contributed by atoms with Crippen LogP contribution in [0.3, 0.4) is 0 Å². The SMILES string of the molecule is CCCCCc1ccc(C#Cc2ccc([B-](F)(F)F)cc2)cc1.[K+]. The summed E-state index contributed by atoms with van der Waals surface area (Å²) in [5.41, 5.74) is 2.15. The molecular formula is C19H19BF3K. The molecule has 0 spiro atoms. The number of unbranched alkanes of at least 4 members (excludes halogenated alkanes) is 2. The average Bonchev–Trinajstić information content (AvgIpc) is 2.54. The molecular weight excluding hydrogens is 335 g/mol. The Kier molecular flexibility index (Phi) is 9.40. The summed E-state index contributed by atoms with van der Waals surface area (Å²) in [7, 11) is 0. The van der Waals surface area contributed by atoms with Crippen molar-refractivity contribution in [2.75, 3.05) is 0 Å². The third-order valence-electron chi connectivity index (χ3n) is 3.66. The molecule has 120 valence electrons. The van der Waals surface area contributed by atoms with Crippen molar-refractivity contribution in [3.63, 3.8) is 0 Å². The van der Waals surface area contributed by atoms with Crippen LogP contribution in [-0.2, 0) is 6.42 Å². The van der Waals surface area contributed by atoms with E-state index in [9.17, 15) is 12.9 Å². The molecule has 0 aliphatic rings. The van der Waals surface area contributed by atoms with E-state index in [1.807, 2.05) is 12.1 Å². The smallest absolute Gasteiger partial charge is 0.445 e. The predicted octanol–water partition coefficient (Wildman–Crippen LogP) is 1.88. The van der Waals surface area contributed by atoms with E-state index < -0.39 is 12.4 Å². The van der Waals surface area contributed by atoms with Gasteiger partial charge in [0.1, 0.15) is 0 Å². The van der Waals surface area contributed by atoms with Crippen LogP contribution in [-0.4, -0.2) is 6.98 Å². The van der Waals surface area contributed by atoms with Crippen LogP contribution in [0.2, 0.25) is 0 Å². The van der Waals surface area contributed by atoms with Crippen LogP contribution in [0, 0.1) is 11.8 Å². The van der Waals surface area contributed by atoms with E-state index in [2.05, 4.69) is 30.9 Å². The number of rotatable bonds is 5. The van der Waals surface area contributed by atoms with Crippen LogP contribution < -0.4 is 56.8 Å². The zero-order valence-electron chi connectivity index (χ0n) is 14.2. The Morgan fingerprint density at radius 2 is 1.29 bits per heavy atom. The topological polar surface area (TPSA) is 0 Å². The second-order valence-electron chi connectivity index (χ2n) is 5.60. The van der Waals surface area contributed by atoms with E-state index >= 15 is 0 Å². The Hall–Kier alpha value is -0.509. The van der Waals surface area contributed by atoms with Crippen molar-refractivity contribution < 1.29 is 64.3 Å². The van der Waals surface area contributed by atoms with Crippen molar-refractivity contribution in [1.82, 2.24) is 0 Å². The Bertz CT molecular complexity index is 680. The summed E-state index contributed by atoms with van der Waals surface area (Å²) in [5.74, 6) is 5.89. The molecule has 0 saturated heterocycles. The zero-order valence-corrected chi connectivity index (χ0v) is 17.3. The third-order valence-corrected chi connectivity index (χ3v) is 3.66. The molecule has 0 unspecified atom stereocenters. The maximum Gasteiger partial charge on any atom is 1.00 e.